The van der Waals surface area contributed by atoms with Crippen LogP contribution in [0.1, 0.15) is 32.3 Å². The molecule has 0 radical (unpaired) electrons. The third-order valence-corrected chi connectivity index (χ3v) is 7.54. The van der Waals surface area contributed by atoms with Crippen LogP contribution in [-0.4, -0.2) is 48.1 Å². The maximum Gasteiger partial charge on any atom is 0.243 e. The van der Waals surface area contributed by atoms with Crippen LogP contribution in [0.4, 0.5) is 11.5 Å². The highest BCUT2D eigenvalue weighted by atomic mass is 32.2. The Hall–Kier alpha value is -2.78. The van der Waals surface area contributed by atoms with Gasteiger partial charge >= 0.3 is 0 Å². The SMILES string of the molecule is CC(=O)N1c2ccc(S(=O)(=O)N3CCCC3C(=O)Nc3ccccn3)cc2CC1C. The van der Waals surface area contributed by atoms with E-state index in [0.29, 0.717) is 25.1 Å². The van der Waals surface area contributed by atoms with E-state index in [-0.39, 0.29) is 29.3 Å². The van der Waals surface area contributed by atoms with Gasteiger partial charge in [-0.3, -0.25) is 9.59 Å². The molecule has 3 heterocycles. The molecule has 0 saturated carbocycles. The number of hydrogen-bond acceptors (Lipinski definition) is 5. The fraction of sp³-hybridized carbons (Fsp3) is 0.381. The smallest absolute Gasteiger partial charge is 0.243 e. The first-order valence-electron chi connectivity index (χ1n) is 9.95. The van der Waals surface area contributed by atoms with Crippen molar-refractivity contribution in [1.82, 2.24) is 9.29 Å². The Kier molecular flexibility index (Phi) is 5.33. The highest BCUT2D eigenvalue weighted by molar-refractivity contribution is 7.89. The number of carbonyl (C=O) groups is 2. The Morgan fingerprint density at radius 1 is 1.20 bits per heavy atom. The minimum atomic E-state index is -3.85. The second kappa shape index (κ2) is 7.81. The highest BCUT2D eigenvalue weighted by Gasteiger charge is 2.40. The van der Waals surface area contributed by atoms with Gasteiger partial charge < -0.3 is 10.2 Å². The predicted octanol–water partition coefficient (Wildman–Crippen LogP) is 2.17. The zero-order valence-electron chi connectivity index (χ0n) is 16.9. The van der Waals surface area contributed by atoms with Crippen molar-refractivity contribution in [1.29, 1.82) is 0 Å². The number of rotatable bonds is 4. The lowest BCUT2D eigenvalue weighted by Gasteiger charge is -2.24. The monoisotopic (exact) mass is 428 g/mol. The van der Waals surface area contributed by atoms with E-state index in [1.165, 1.54) is 17.3 Å². The van der Waals surface area contributed by atoms with Crippen molar-refractivity contribution in [3.8, 4) is 0 Å². The van der Waals surface area contributed by atoms with Gasteiger partial charge in [-0.2, -0.15) is 4.31 Å². The highest BCUT2D eigenvalue weighted by Crippen LogP contribution is 2.35. The zero-order valence-corrected chi connectivity index (χ0v) is 17.7. The van der Waals surface area contributed by atoms with E-state index >= 15 is 0 Å². The molecule has 4 rings (SSSR count). The molecule has 9 heteroatoms. The van der Waals surface area contributed by atoms with Crippen LogP contribution in [0.25, 0.3) is 0 Å². The van der Waals surface area contributed by atoms with Crippen LogP contribution in [0.2, 0.25) is 0 Å². The molecule has 1 fully saturated rings. The van der Waals surface area contributed by atoms with E-state index in [0.717, 1.165) is 11.3 Å². The first kappa shape index (κ1) is 20.5. The summed E-state index contributed by atoms with van der Waals surface area (Å²) in [7, 11) is -3.85. The Labute approximate surface area is 175 Å². The van der Waals surface area contributed by atoms with E-state index in [4.69, 9.17) is 0 Å². The van der Waals surface area contributed by atoms with E-state index in [9.17, 15) is 18.0 Å². The van der Waals surface area contributed by atoms with Crippen LogP contribution in [0, 0.1) is 0 Å². The lowest BCUT2D eigenvalue weighted by Crippen LogP contribution is -2.43. The lowest BCUT2D eigenvalue weighted by molar-refractivity contribution is -0.119. The van der Waals surface area contributed by atoms with Gasteiger partial charge in [0.15, 0.2) is 0 Å². The van der Waals surface area contributed by atoms with Crippen molar-refractivity contribution < 1.29 is 18.0 Å². The molecule has 8 nitrogen and oxygen atoms in total. The van der Waals surface area contributed by atoms with E-state index in [2.05, 4.69) is 10.3 Å². The molecular weight excluding hydrogens is 404 g/mol. The number of benzene rings is 1. The molecule has 0 spiro atoms. The number of hydrogen-bond donors (Lipinski definition) is 1. The second-order valence-corrected chi connectivity index (χ2v) is 9.60. The lowest BCUT2D eigenvalue weighted by atomic mass is 10.1. The quantitative estimate of drug-likeness (QED) is 0.805. The zero-order chi connectivity index (χ0) is 21.5. The van der Waals surface area contributed by atoms with Crippen LogP contribution in [0.15, 0.2) is 47.5 Å². The van der Waals surface area contributed by atoms with E-state index < -0.39 is 16.1 Å². The summed E-state index contributed by atoms with van der Waals surface area (Å²) in [6.07, 6.45) is 3.23. The Balaban J connectivity index is 1.59. The average molecular weight is 429 g/mol. The number of nitrogens with zero attached hydrogens (tertiary/aromatic N) is 3. The van der Waals surface area contributed by atoms with Crippen LogP contribution in [0.3, 0.4) is 0 Å². The van der Waals surface area contributed by atoms with Crippen molar-refractivity contribution in [2.75, 3.05) is 16.8 Å². The summed E-state index contributed by atoms with van der Waals surface area (Å²) in [5.41, 5.74) is 1.58. The van der Waals surface area contributed by atoms with Crippen LogP contribution in [-0.2, 0) is 26.0 Å². The number of pyridine rings is 1. The molecule has 0 bridgehead atoms. The summed E-state index contributed by atoms with van der Waals surface area (Å²) in [4.78, 5) is 30.6. The summed E-state index contributed by atoms with van der Waals surface area (Å²) >= 11 is 0. The van der Waals surface area contributed by atoms with Gasteiger partial charge in [0.2, 0.25) is 21.8 Å². The van der Waals surface area contributed by atoms with Crippen molar-refractivity contribution in [2.24, 2.45) is 0 Å². The molecule has 1 aromatic carbocycles. The average Bonchev–Trinajstić information content (AvgIpc) is 3.32. The summed E-state index contributed by atoms with van der Waals surface area (Å²) in [6, 6.07) is 9.20. The van der Waals surface area contributed by atoms with Gasteiger partial charge in [-0.15, -0.1) is 0 Å². The van der Waals surface area contributed by atoms with Crippen LogP contribution >= 0.6 is 0 Å². The number of carbonyl (C=O) groups excluding carboxylic acids is 2. The molecule has 2 aliphatic rings. The molecule has 2 aliphatic heterocycles. The van der Waals surface area contributed by atoms with Gasteiger partial charge in [0.25, 0.3) is 0 Å². The number of amides is 2. The third kappa shape index (κ3) is 3.59. The van der Waals surface area contributed by atoms with E-state index in [1.807, 2.05) is 6.92 Å². The van der Waals surface area contributed by atoms with Gasteiger partial charge in [0.1, 0.15) is 11.9 Å². The minimum absolute atomic E-state index is 0.0147. The van der Waals surface area contributed by atoms with Gasteiger partial charge in [-0.1, -0.05) is 6.07 Å². The van der Waals surface area contributed by atoms with Gasteiger partial charge in [-0.05, 0) is 62.1 Å². The fourth-order valence-electron chi connectivity index (χ4n) is 4.32. The summed E-state index contributed by atoms with van der Waals surface area (Å²) in [5, 5.41) is 2.70. The van der Waals surface area contributed by atoms with Crippen molar-refractivity contribution in [3.05, 3.63) is 48.2 Å². The standard InChI is InChI=1S/C21H24N4O4S/c1-14-12-16-13-17(8-9-18(16)25(14)15(2)26)30(28,29)24-11-5-6-19(24)21(27)23-20-7-3-4-10-22-20/h3-4,7-10,13-14,19H,5-6,11-12H2,1-2H3,(H,22,23,27). The molecule has 2 atom stereocenters. The van der Waals surface area contributed by atoms with Crippen molar-refractivity contribution in [2.45, 2.75) is 50.1 Å². The second-order valence-electron chi connectivity index (χ2n) is 7.71. The molecular formula is C21H24N4O4S. The first-order chi connectivity index (χ1) is 14.3. The number of aromatic nitrogens is 1. The van der Waals surface area contributed by atoms with Gasteiger partial charge in [-0.25, -0.2) is 13.4 Å². The third-order valence-electron chi connectivity index (χ3n) is 5.63. The number of fused-ring (bicyclic) bond motifs is 1. The number of sulfonamides is 1. The van der Waals surface area contributed by atoms with E-state index in [1.54, 1.807) is 41.4 Å². The maximum absolute atomic E-state index is 13.3. The van der Waals surface area contributed by atoms with Crippen molar-refractivity contribution >= 4 is 33.3 Å². The summed E-state index contributed by atoms with van der Waals surface area (Å²) in [6.45, 7) is 3.73. The molecule has 1 saturated heterocycles. The molecule has 30 heavy (non-hydrogen) atoms. The fourth-order valence-corrected chi connectivity index (χ4v) is 6.03. The Morgan fingerprint density at radius 3 is 2.70 bits per heavy atom. The van der Waals surface area contributed by atoms with Crippen LogP contribution in [0.5, 0.6) is 0 Å². The minimum Gasteiger partial charge on any atom is -0.309 e. The Morgan fingerprint density at radius 2 is 2.00 bits per heavy atom. The molecule has 0 aliphatic carbocycles. The number of anilines is 2. The maximum atomic E-state index is 13.3. The normalized spacial score (nSPS) is 21.5. The molecule has 158 valence electrons. The molecule has 1 aromatic heterocycles. The van der Waals surface area contributed by atoms with Gasteiger partial charge in [0.05, 0.1) is 4.90 Å². The molecule has 2 aromatic rings. The molecule has 2 amide bonds. The summed E-state index contributed by atoms with van der Waals surface area (Å²) in [5.74, 6) is -0.0578. The van der Waals surface area contributed by atoms with Gasteiger partial charge in [0, 0.05) is 31.4 Å². The summed E-state index contributed by atoms with van der Waals surface area (Å²) < 4.78 is 28.0. The predicted molar refractivity (Wildman–Crippen MR) is 113 cm³/mol. The molecule has 2 unspecified atom stereocenters. The van der Waals surface area contributed by atoms with Crippen molar-refractivity contribution in [3.63, 3.8) is 0 Å². The Bertz CT molecular complexity index is 1090. The van der Waals surface area contributed by atoms with Crippen LogP contribution < -0.4 is 10.2 Å². The number of nitrogens with one attached hydrogen (secondary N) is 1. The topological polar surface area (TPSA) is 99.7 Å². The first-order valence-corrected chi connectivity index (χ1v) is 11.4. The largest absolute Gasteiger partial charge is 0.309 e. The molecule has 1 N–H and O–H groups in total.